The Morgan fingerprint density at radius 2 is 0.789 bits per heavy atom. The molecule has 4 aromatic heterocycles. The lowest BCUT2D eigenvalue weighted by molar-refractivity contribution is 0.590. The van der Waals surface area contributed by atoms with Gasteiger partial charge in [0.1, 0.15) is 21.7 Å². The molecule has 0 bridgehead atoms. The number of halogens is 3. The summed E-state index contributed by atoms with van der Waals surface area (Å²) < 4.78 is 31.8. The molecular formula is C46H29Cl3N4O2P2. The highest BCUT2D eigenvalue weighted by molar-refractivity contribution is 7.85. The molecule has 1 spiro atoms. The van der Waals surface area contributed by atoms with Crippen LogP contribution in [0.25, 0.3) is 22.3 Å². The molecule has 276 valence electrons. The maximum absolute atomic E-state index is 15.9. The molecule has 11 heteroatoms. The van der Waals surface area contributed by atoms with Gasteiger partial charge in [0.25, 0.3) is 0 Å². The van der Waals surface area contributed by atoms with E-state index in [0.29, 0.717) is 47.4 Å². The summed E-state index contributed by atoms with van der Waals surface area (Å²) in [6.45, 7) is 1.95. The van der Waals surface area contributed by atoms with Gasteiger partial charge in [0.05, 0.1) is 20.5 Å². The minimum absolute atomic E-state index is 0.350. The zero-order valence-corrected chi connectivity index (χ0v) is 34.2. The zero-order chi connectivity index (χ0) is 39.1. The first-order chi connectivity index (χ1) is 27.6. The Bertz CT molecular complexity index is 2710. The van der Waals surface area contributed by atoms with Crippen molar-refractivity contribution < 1.29 is 9.13 Å². The monoisotopic (exact) mass is 836 g/mol. The molecule has 2 aliphatic rings. The second-order valence-corrected chi connectivity index (χ2v) is 20.8. The third-order valence-corrected chi connectivity index (χ3v) is 17.4. The molecule has 0 radical (unpaired) electrons. The van der Waals surface area contributed by atoms with Crippen molar-refractivity contribution in [3.63, 3.8) is 0 Å². The van der Waals surface area contributed by atoms with Crippen molar-refractivity contribution in [3.05, 3.63) is 201 Å². The molecule has 4 heterocycles. The molecule has 0 amide bonds. The lowest BCUT2D eigenvalue weighted by Crippen LogP contribution is -2.32. The van der Waals surface area contributed by atoms with Crippen molar-refractivity contribution in [2.45, 2.75) is 12.3 Å². The van der Waals surface area contributed by atoms with E-state index < -0.39 is 19.7 Å². The highest BCUT2D eigenvalue weighted by Gasteiger charge is 2.53. The minimum Gasteiger partial charge on any atom is -0.305 e. The normalized spacial score (nSPS) is 14.4. The molecule has 8 aromatic rings. The Morgan fingerprint density at radius 1 is 0.421 bits per heavy atom. The molecule has 0 N–H and O–H groups in total. The molecule has 0 saturated carbocycles. The number of aromatic nitrogens is 4. The van der Waals surface area contributed by atoms with Gasteiger partial charge in [-0.15, -0.1) is 0 Å². The quantitative estimate of drug-likeness (QED) is 0.156. The van der Waals surface area contributed by atoms with Gasteiger partial charge in [-0.3, -0.25) is 19.9 Å². The maximum atomic E-state index is 15.9. The first-order valence-electron chi connectivity index (χ1n) is 18.1. The number of hydrogen-bond donors (Lipinski definition) is 0. The van der Waals surface area contributed by atoms with E-state index in [1.807, 2.05) is 49.4 Å². The number of aryl methyl sites for hydroxylation is 1. The topological polar surface area (TPSA) is 85.7 Å². The van der Waals surface area contributed by atoms with Crippen LogP contribution in [-0.2, 0) is 14.5 Å². The molecular weight excluding hydrogens is 809 g/mol. The van der Waals surface area contributed by atoms with Crippen molar-refractivity contribution in [2.75, 3.05) is 0 Å². The van der Waals surface area contributed by atoms with Crippen molar-refractivity contribution in [2.24, 2.45) is 0 Å². The maximum Gasteiger partial charge on any atom is 0.205 e. The largest absolute Gasteiger partial charge is 0.305 e. The van der Waals surface area contributed by atoms with Gasteiger partial charge < -0.3 is 9.13 Å². The number of fused-ring (bicyclic) bond motifs is 10. The predicted molar refractivity (Wildman–Crippen MR) is 232 cm³/mol. The summed E-state index contributed by atoms with van der Waals surface area (Å²) in [7, 11) is -7.36. The molecule has 6 nitrogen and oxygen atoms in total. The van der Waals surface area contributed by atoms with Crippen LogP contribution in [0.2, 0.25) is 15.1 Å². The Hall–Kier alpha value is -5.19. The fourth-order valence-electron chi connectivity index (χ4n) is 8.58. The minimum atomic E-state index is -3.71. The van der Waals surface area contributed by atoms with Gasteiger partial charge in [-0.2, -0.15) is 0 Å². The van der Waals surface area contributed by atoms with Gasteiger partial charge in [-0.05, 0) is 112 Å². The van der Waals surface area contributed by atoms with Crippen molar-refractivity contribution in [1.29, 1.82) is 0 Å². The molecule has 1 atom stereocenters. The molecule has 2 aliphatic carbocycles. The number of hydrogen-bond acceptors (Lipinski definition) is 6. The van der Waals surface area contributed by atoms with E-state index in [1.165, 1.54) is 18.6 Å². The third kappa shape index (κ3) is 5.32. The average molecular weight is 838 g/mol. The van der Waals surface area contributed by atoms with E-state index in [-0.39, 0.29) is 0 Å². The number of benzene rings is 4. The lowest BCUT2D eigenvalue weighted by Gasteiger charge is -2.32. The van der Waals surface area contributed by atoms with Gasteiger partial charge in [-0.1, -0.05) is 114 Å². The molecule has 0 fully saturated rings. The van der Waals surface area contributed by atoms with Gasteiger partial charge >= 0.3 is 0 Å². The van der Waals surface area contributed by atoms with Crippen LogP contribution in [0.5, 0.6) is 0 Å². The van der Waals surface area contributed by atoms with Crippen LogP contribution in [0.15, 0.2) is 158 Å². The van der Waals surface area contributed by atoms with Gasteiger partial charge in [0.15, 0.2) is 0 Å². The smallest absolute Gasteiger partial charge is 0.205 e. The van der Waals surface area contributed by atoms with Gasteiger partial charge in [0.2, 0.25) is 14.3 Å². The van der Waals surface area contributed by atoms with Crippen LogP contribution in [-0.4, -0.2) is 19.9 Å². The first kappa shape index (κ1) is 36.2. The van der Waals surface area contributed by atoms with Crippen LogP contribution in [0, 0.1) is 6.92 Å². The number of rotatable bonds is 6. The fraction of sp³-hybridized carbons (Fsp3) is 0.0435. The van der Waals surface area contributed by atoms with E-state index in [4.69, 9.17) is 39.8 Å². The molecule has 57 heavy (non-hydrogen) atoms. The van der Waals surface area contributed by atoms with E-state index in [0.717, 1.165) is 50.1 Å². The summed E-state index contributed by atoms with van der Waals surface area (Å²) in [4.78, 5) is 18.6. The summed E-state index contributed by atoms with van der Waals surface area (Å²) in [6, 6.07) is 42.9. The molecule has 4 aromatic carbocycles. The molecule has 0 saturated heterocycles. The van der Waals surface area contributed by atoms with Crippen LogP contribution < -0.4 is 32.3 Å². The highest BCUT2D eigenvalue weighted by Crippen LogP contribution is 2.63. The Balaban J connectivity index is 1.28. The Kier molecular flexibility index (Phi) is 8.54. The van der Waals surface area contributed by atoms with Crippen molar-refractivity contribution in [1.82, 2.24) is 19.9 Å². The number of pyridine rings is 4. The summed E-state index contributed by atoms with van der Waals surface area (Å²) in [6.07, 6.45) is 6.27. The average Bonchev–Trinajstić information content (AvgIpc) is 3.71. The van der Waals surface area contributed by atoms with Crippen molar-refractivity contribution in [3.8, 4) is 22.3 Å². The van der Waals surface area contributed by atoms with E-state index in [1.54, 1.807) is 42.6 Å². The SMILES string of the molecule is Cc1ccc(P(=O)(c2ccc3c(c2)C2(c4ccccc4-c4ccccc42)c2cc(P(=O)(c4ccc(Cl)cn4)c4ccc(Cl)cn4)ccc2-3)c2ccc(Cl)cn2)nc1. The zero-order valence-electron chi connectivity index (χ0n) is 30.1. The highest BCUT2D eigenvalue weighted by atomic mass is 35.5. The Labute approximate surface area is 344 Å². The summed E-state index contributed by atoms with van der Waals surface area (Å²) in [5, 5.41) is 2.45. The van der Waals surface area contributed by atoms with Crippen LogP contribution >= 0.6 is 49.1 Å². The second kappa shape index (κ2) is 13.5. The summed E-state index contributed by atoms with van der Waals surface area (Å²) in [5.74, 6) is 0. The predicted octanol–water partition coefficient (Wildman–Crippen LogP) is 9.16. The molecule has 0 aliphatic heterocycles. The standard InChI is InChI=1S/C46H29Cl3N4O2P2/c1-28-10-18-42(50-24-28)56(54,43-19-11-29(47)25-51-43)32-14-16-36-37-17-15-33(57(55,44-20-12-30(48)26-52-44)45-21-13-31(49)27-53-45)23-41(37)46(40(36)22-32)38-8-4-2-6-34(38)35-7-3-5-9-39(35)46/h2-27H,1H3. The van der Waals surface area contributed by atoms with Crippen LogP contribution in [0.3, 0.4) is 0 Å². The lowest BCUT2D eigenvalue weighted by atomic mass is 9.70. The second-order valence-electron chi connectivity index (χ2n) is 14.2. The molecule has 1 unspecified atom stereocenters. The summed E-state index contributed by atoms with van der Waals surface area (Å²) >= 11 is 18.9. The summed E-state index contributed by atoms with van der Waals surface area (Å²) in [5.41, 5.74) is 9.74. The van der Waals surface area contributed by atoms with Gasteiger partial charge in [-0.25, -0.2) is 0 Å². The van der Waals surface area contributed by atoms with Crippen LogP contribution in [0.1, 0.15) is 27.8 Å². The fourth-order valence-corrected chi connectivity index (χ4v) is 13.7. The third-order valence-electron chi connectivity index (χ3n) is 11.1. The molecule has 10 rings (SSSR count). The van der Waals surface area contributed by atoms with Gasteiger partial charge in [0, 0.05) is 35.4 Å². The van der Waals surface area contributed by atoms with E-state index in [9.17, 15) is 0 Å². The van der Waals surface area contributed by atoms with Crippen LogP contribution in [0.4, 0.5) is 0 Å². The van der Waals surface area contributed by atoms with E-state index >= 15 is 9.13 Å². The van der Waals surface area contributed by atoms with Crippen molar-refractivity contribution >= 4 is 81.4 Å². The number of nitrogens with zero attached hydrogens (tertiary/aromatic N) is 4. The van der Waals surface area contributed by atoms with E-state index in [2.05, 4.69) is 69.5 Å². The Morgan fingerprint density at radius 3 is 1.16 bits per heavy atom. The first-order valence-corrected chi connectivity index (χ1v) is 22.7.